The molecule has 16 heavy (non-hydrogen) atoms. The van der Waals surface area contributed by atoms with Gasteiger partial charge in [-0.15, -0.1) is 5.10 Å². The number of aromatic nitrogens is 4. The van der Waals surface area contributed by atoms with Gasteiger partial charge in [-0.2, -0.15) is 4.68 Å². The van der Waals surface area contributed by atoms with Crippen molar-refractivity contribution >= 4 is 5.71 Å². The van der Waals surface area contributed by atoms with Crippen molar-refractivity contribution in [1.82, 2.24) is 19.9 Å². The van der Waals surface area contributed by atoms with E-state index in [1.807, 2.05) is 0 Å². The van der Waals surface area contributed by atoms with Crippen LogP contribution in [0.1, 0.15) is 18.5 Å². The van der Waals surface area contributed by atoms with Crippen molar-refractivity contribution in [3.05, 3.63) is 24.0 Å². The molecule has 0 atom stereocenters. The molecule has 2 aromatic rings. The molecule has 0 fully saturated rings. The minimum absolute atomic E-state index is 0.403. The molecule has 0 aliphatic rings. The largest absolute Gasteiger partial charge is 0.411 e. The summed E-state index contributed by atoms with van der Waals surface area (Å²) in [5, 5.41) is 19.6. The van der Waals surface area contributed by atoms with Crippen LogP contribution in [-0.2, 0) is 6.42 Å². The van der Waals surface area contributed by atoms with E-state index in [4.69, 9.17) is 9.73 Å². The summed E-state index contributed by atoms with van der Waals surface area (Å²) in [6, 6.07) is 1.76. The fraction of sp³-hybridized carbons (Fsp3) is 0.333. The van der Waals surface area contributed by atoms with E-state index in [2.05, 4.69) is 20.4 Å². The number of rotatable bonds is 3. The average Bonchev–Trinajstić information content (AvgIpc) is 2.87. The van der Waals surface area contributed by atoms with Gasteiger partial charge in [-0.25, -0.2) is 4.98 Å². The highest BCUT2D eigenvalue weighted by Gasteiger charge is 2.07. The van der Waals surface area contributed by atoms with Gasteiger partial charge in [0.1, 0.15) is 12.1 Å². The van der Waals surface area contributed by atoms with Gasteiger partial charge < -0.3 is 9.73 Å². The maximum absolute atomic E-state index is 8.52. The van der Waals surface area contributed by atoms with Gasteiger partial charge >= 0.3 is 0 Å². The van der Waals surface area contributed by atoms with Crippen LogP contribution in [0.3, 0.4) is 0 Å². The van der Waals surface area contributed by atoms with Gasteiger partial charge in [0.25, 0.3) is 0 Å². The molecule has 7 heteroatoms. The molecule has 84 valence electrons. The molecule has 0 saturated carbocycles. The quantitative estimate of drug-likeness (QED) is 0.473. The van der Waals surface area contributed by atoms with E-state index in [1.54, 1.807) is 19.9 Å². The minimum Gasteiger partial charge on any atom is -0.411 e. The van der Waals surface area contributed by atoms with Crippen LogP contribution in [0.5, 0.6) is 0 Å². The van der Waals surface area contributed by atoms with Crippen LogP contribution in [0, 0.1) is 6.92 Å². The second-order valence-corrected chi connectivity index (χ2v) is 3.41. The summed E-state index contributed by atoms with van der Waals surface area (Å²) >= 11 is 0. The SMILES string of the molecule is CC(Cc1ncn(-c2cc(C)on2)n1)=NO. The maximum Gasteiger partial charge on any atom is 0.198 e. The van der Waals surface area contributed by atoms with Gasteiger partial charge in [-0.3, -0.25) is 0 Å². The van der Waals surface area contributed by atoms with E-state index in [0.717, 1.165) is 0 Å². The molecule has 0 amide bonds. The first-order chi connectivity index (χ1) is 7.69. The fourth-order valence-corrected chi connectivity index (χ4v) is 1.21. The molecule has 0 radical (unpaired) electrons. The minimum atomic E-state index is 0.403. The first kappa shape index (κ1) is 10.3. The van der Waals surface area contributed by atoms with Crippen molar-refractivity contribution in [2.75, 3.05) is 0 Å². The predicted octanol–water partition coefficient (Wildman–Crippen LogP) is 0.956. The van der Waals surface area contributed by atoms with E-state index in [1.165, 1.54) is 11.0 Å². The Morgan fingerprint density at radius 2 is 2.44 bits per heavy atom. The standard InChI is InChI=1S/C9H11N5O2/c1-6(12-15)3-8-10-5-14(11-8)9-4-7(2)16-13-9/h4-5,15H,3H2,1-2H3. The Kier molecular flexibility index (Phi) is 2.67. The Labute approximate surface area is 91.4 Å². The van der Waals surface area contributed by atoms with Gasteiger partial charge in [0.2, 0.25) is 0 Å². The molecule has 0 bridgehead atoms. The van der Waals surface area contributed by atoms with Crippen molar-refractivity contribution in [3.63, 3.8) is 0 Å². The summed E-state index contributed by atoms with van der Waals surface area (Å²) in [6.45, 7) is 3.50. The smallest absolute Gasteiger partial charge is 0.198 e. The zero-order valence-corrected chi connectivity index (χ0v) is 8.95. The molecule has 0 spiro atoms. The lowest BCUT2D eigenvalue weighted by Gasteiger charge is -1.92. The third-order valence-electron chi connectivity index (χ3n) is 1.97. The summed E-state index contributed by atoms with van der Waals surface area (Å²) in [6.07, 6.45) is 1.94. The van der Waals surface area contributed by atoms with Gasteiger partial charge in [-0.05, 0) is 13.8 Å². The van der Waals surface area contributed by atoms with Crippen LogP contribution >= 0.6 is 0 Å². The number of oxime groups is 1. The summed E-state index contributed by atoms with van der Waals surface area (Å²) in [5.41, 5.74) is 0.550. The van der Waals surface area contributed by atoms with Crippen LogP contribution in [0.15, 0.2) is 22.1 Å². The zero-order valence-electron chi connectivity index (χ0n) is 8.95. The normalized spacial score (nSPS) is 12.0. The number of aryl methyl sites for hydroxylation is 1. The van der Waals surface area contributed by atoms with Crippen molar-refractivity contribution < 1.29 is 9.73 Å². The molecular formula is C9H11N5O2. The van der Waals surface area contributed by atoms with Crippen molar-refractivity contribution in [2.24, 2.45) is 5.16 Å². The molecule has 1 N–H and O–H groups in total. The molecule has 2 rings (SSSR count). The van der Waals surface area contributed by atoms with Crippen LogP contribution in [0.25, 0.3) is 5.82 Å². The topological polar surface area (TPSA) is 89.3 Å². The first-order valence-corrected chi connectivity index (χ1v) is 4.71. The lowest BCUT2D eigenvalue weighted by molar-refractivity contribution is 0.317. The third-order valence-corrected chi connectivity index (χ3v) is 1.97. The molecule has 2 aromatic heterocycles. The third kappa shape index (κ3) is 2.08. The van der Waals surface area contributed by atoms with E-state index in [9.17, 15) is 0 Å². The predicted molar refractivity (Wildman–Crippen MR) is 54.8 cm³/mol. The van der Waals surface area contributed by atoms with Gasteiger partial charge in [0, 0.05) is 6.07 Å². The van der Waals surface area contributed by atoms with E-state index in [0.29, 0.717) is 29.5 Å². The first-order valence-electron chi connectivity index (χ1n) is 4.71. The average molecular weight is 221 g/mol. The Hall–Kier alpha value is -2.18. The zero-order chi connectivity index (χ0) is 11.5. The highest BCUT2D eigenvalue weighted by atomic mass is 16.5. The fourth-order valence-electron chi connectivity index (χ4n) is 1.21. The monoisotopic (exact) mass is 221 g/mol. The van der Waals surface area contributed by atoms with Crippen LogP contribution < -0.4 is 0 Å². The van der Waals surface area contributed by atoms with Gasteiger partial charge in [-0.1, -0.05) is 10.3 Å². The number of nitrogens with zero attached hydrogens (tertiary/aromatic N) is 5. The van der Waals surface area contributed by atoms with E-state index >= 15 is 0 Å². The van der Waals surface area contributed by atoms with E-state index in [-0.39, 0.29) is 0 Å². The molecular weight excluding hydrogens is 210 g/mol. The lowest BCUT2D eigenvalue weighted by Crippen LogP contribution is -2.01. The Morgan fingerprint density at radius 1 is 1.62 bits per heavy atom. The molecule has 7 nitrogen and oxygen atoms in total. The van der Waals surface area contributed by atoms with Gasteiger partial charge in [0.05, 0.1) is 12.1 Å². The van der Waals surface area contributed by atoms with Crippen LogP contribution in [0.2, 0.25) is 0 Å². The molecule has 0 aliphatic heterocycles. The summed E-state index contributed by atoms with van der Waals surface area (Å²) in [5.74, 6) is 1.85. The summed E-state index contributed by atoms with van der Waals surface area (Å²) < 4.78 is 6.44. The van der Waals surface area contributed by atoms with Crippen LogP contribution in [-0.4, -0.2) is 30.8 Å². The highest BCUT2D eigenvalue weighted by molar-refractivity contribution is 5.82. The Morgan fingerprint density at radius 3 is 3.06 bits per heavy atom. The summed E-state index contributed by atoms with van der Waals surface area (Å²) in [7, 11) is 0. The molecule has 0 unspecified atom stereocenters. The molecule has 0 saturated heterocycles. The van der Waals surface area contributed by atoms with E-state index < -0.39 is 0 Å². The Bertz CT molecular complexity index is 513. The van der Waals surface area contributed by atoms with Crippen molar-refractivity contribution in [3.8, 4) is 5.82 Å². The highest BCUT2D eigenvalue weighted by Crippen LogP contribution is 2.06. The lowest BCUT2D eigenvalue weighted by atomic mass is 10.3. The van der Waals surface area contributed by atoms with Gasteiger partial charge in [0.15, 0.2) is 11.6 Å². The maximum atomic E-state index is 8.52. The van der Waals surface area contributed by atoms with Crippen LogP contribution in [0.4, 0.5) is 0 Å². The summed E-state index contributed by atoms with van der Waals surface area (Å²) in [4.78, 5) is 4.07. The van der Waals surface area contributed by atoms with Crippen molar-refractivity contribution in [2.45, 2.75) is 20.3 Å². The second-order valence-electron chi connectivity index (χ2n) is 3.41. The molecule has 0 aliphatic carbocycles. The molecule has 0 aromatic carbocycles. The second kappa shape index (κ2) is 4.13. The van der Waals surface area contributed by atoms with Crippen molar-refractivity contribution in [1.29, 1.82) is 0 Å². The molecule has 2 heterocycles. The number of hydrogen-bond donors (Lipinski definition) is 1. The Balaban J connectivity index is 2.19. The number of hydrogen-bond acceptors (Lipinski definition) is 6.